The van der Waals surface area contributed by atoms with E-state index in [0.29, 0.717) is 13.2 Å². The van der Waals surface area contributed by atoms with Gasteiger partial charge in [0.15, 0.2) is 0 Å². The molecule has 1 saturated heterocycles. The van der Waals surface area contributed by atoms with Crippen molar-refractivity contribution in [3.8, 4) is 0 Å². The molecule has 1 aromatic rings. The molecular formula is C12H17BO2. The topological polar surface area (TPSA) is 18.5 Å². The van der Waals surface area contributed by atoms with E-state index in [1.807, 2.05) is 0 Å². The van der Waals surface area contributed by atoms with Crippen molar-refractivity contribution >= 4 is 12.6 Å². The molecule has 15 heavy (non-hydrogen) atoms. The van der Waals surface area contributed by atoms with E-state index in [0.717, 1.165) is 11.9 Å². The molecule has 1 fully saturated rings. The SMILES string of the molecule is CCCc1cc(C)cc(B2OCCO2)c1. The minimum Gasteiger partial charge on any atom is -0.405 e. The third kappa shape index (κ3) is 2.61. The van der Waals surface area contributed by atoms with E-state index in [2.05, 4.69) is 32.0 Å². The van der Waals surface area contributed by atoms with Gasteiger partial charge in [-0.05, 0) is 24.4 Å². The van der Waals surface area contributed by atoms with Gasteiger partial charge in [-0.15, -0.1) is 0 Å². The van der Waals surface area contributed by atoms with Gasteiger partial charge >= 0.3 is 7.12 Å². The highest BCUT2D eigenvalue weighted by atomic mass is 16.6. The lowest BCUT2D eigenvalue weighted by Crippen LogP contribution is -2.32. The van der Waals surface area contributed by atoms with Crippen LogP contribution in [0.2, 0.25) is 0 Å². The van der Waals surface area contributed by atoms with Gasteiger partial charge in [0.05, 0.1) is 13.2 Å². The van der Waals surface area contributed by atoms with Gasteiger partial charge in [0.25, 0.3) is 0 Å². The Bertz CT molecular complexity index is 332. The minimum absolute atomic E-state index is 0.138. The van der Waals surface area contributed by atoms with Crippen LogP contribution >= 0.6 is 0 Å². The van der Waals surface area contributed by atoms with Crippen LogP contribution in [-0.4, -0.2) is 20.3 Å². The van der Waals surface area contributed by atoms with Crippen molar-refractivity contribution < 1.29 is 9.31 Å². The Morgan fingerprint density at radius 2 is 1.93 bits per heavy atom. The lowest BCUT2D eigenvalue weighted by molar-refractivity contribution is 0.365. The molecule has 3 heteroatoms. The molecule has 0 unspecified atom stereocenters. The summed E-state index contributed by atoms with van der Waals surface area (Å²) in [5.74, 6) is 0. The number of hydrogen-bond donors (Lipinski definition) is 0. The first-order valence-electron chi connectivity index (χ1n) is 5.63. The third-order valence-electron chi connectivity index (χ3n) is 2.59. The Hall–Kier alpha value is -0.795. The molecular weight excluding hydrogens is 187 g/mol. The van der Waals surface area contributed by atoms with Crippen LogP contribution in [0, 0.1) is 6.92 Å². The van der Waals surface area contributed by atoms with Crippen molar-refractivity contribution in [2.24, 2.45) is 0 Å². The van der Waals surface area contributed by atoms with Gasteiger partial charge < -0.3 is 9.31 Å². The summed E-state index contributed by atoms with van der Waals surface area (Å²) in [6.45, 7) is 5.74. The average molecular weight is 204 g/mol. The highest BCUT2D eigenvalue weighted by molar-refractivity contribution is 6.61. The molecule has 1 heterocycles. The molecule has 2 rings (SSSR count). The maximum atomic E-state index is 5.50. The Balaban J connectivity index is 2.22. The summed E-state index contributed by atoms with van der Waals surface area (Å²) >= 11 is 0. The summed E-state index contributed by atoms with van der Waals surface area (Å²) in [7, 11) is -0.138. The molecule has 0 aromatic heterocycles. The number of hydrogen-bond acceptors (Lipinski definition) is 2. The summed E-state index contributed by atoms with van der Waals surface area (Å²) in [5, 5.41) is 0. The van der Waals surface area contributed by atoms with Gasteiger partial charge in [-0.3, -0.25) is 0 Å². The zero-order valence-corrected chi connectivity index (χ0v) is 9.45. The first-order valence-corrected chi connectivity index (χ1v) is 5.63. The quantitative estimate of drug-likeness (QED) is 0.697. The molecule has 80 valence electrons. The zero-order valence-electron chi connectivity index (χ0n) is 9.45. The van der Waals surface area contributed by atoms with Crippen molar-refractivity contribution in [1.29, 1.82) is 0 Å². The molecule has 0 atom stereocenters. The summed E-state index contributed by atoms with van der Waals surface area (Å²) in [4.78, 5) is 0. The van der Waals surface area contributed by atoms with Crippen LogP contribution < -0.4 is 5.46 Å². The lowest BCUT2D eigenvalue weighted by Gasteiger charge is -2.08. The van der Waals surface area contributed by atoms with Gasteiger partial charge in [-0.2, -0.15) is 0 Å². The number of benzene rings is 1. The molecule has 0 radical (unpaired) electrons. The van der Waals surface area contributed by atoms with Crippen LogP contribution in [0.3, 0.4) is 0 Å². The summed E-state index contributed by atoms with van der Waals surface area (Å²) < 4.78 is 11.0. The van der Waals surface area contributed by atoms with E-state index >= 15 is 0 Å². The molecule has 0 saturated carbocycles. The van der Waals surface area contributed by atoms with Crippen molar-refractivity contribution in [3.05, 3.63) is 29.3 Å². The number of aryl methyl sites for hydroxylation is 2. The number of rotatable bonds is 3. The van der Waals surface area contributed by atoms with Gasteiger partial charge in [-0.25, -0.2) is 0 Å². The Labute approximate surface area is 91.7 Å². The Morgan fingerprint density at radius 3 is 2.60 bits per heavy atom. The van der Waals surface area contributed by atoms with Crippen LogP contribution in [0.15, 0.2) is 18.2 Å². The second kappa shape index (κ2) is 4.82. The smallest absolute Gasteiger partial charge is 0.405 e. The largest absolute Gasteiger partial charge is 0.494 e. The molecule has 0 amide bonds. The normalized spacial score (nSPS) is 16.0. The minimum atomic E-state index is -0.138. The van der Waals surface area contributed by atoms with Crippen molar-refractivity contribution in [2.45, 2.75) is 26.7 Å². The fourth-order valence-electron chi connectivity index (χ4n) is 2.01. The van der Waals surface area contributed by atoms with Crippen LogP contribution in [0.5, 0.6) is 0 Å². The molecule has 2 nitrogen and oxygen atoms in total. The highest BCUT2D eigenvalue weighted by Crippen LogP contribution is 2.08. The Morgan fingerprint density at radius 1 is 1.20 bits per heavy atom. The second-order valence-electron chi connectivity index (χ2n) is 4.08. The standard InChI is InChI=1S/C12H17BO2/c1-3-4-11-7-10(2)8-12(9-11)13-14-5-6-15-13/h7-9H,3-6H2,1-2H3. The monoisotopic (exact) mass is 204 g/mol. The predicted molar refractivity (Wildman–Crippen MR) is 62.5 cm³/mol. The van der Waals surface area contributed by atoms with Gasteiger partial charge in [0.1, 0.15) is 0 Å². The van der Waals surface area contributed by atoms with E-state index in [9.17, 15) is 0 Å². The van der Waals surface area contributed by atoms with Crippen LogP contribution in [-0.2, 0) is 15.7 Å². The molecule has 1 aromatic carbocycles. The zero-order chi connectivity index (χ0) is 10.7. The van der Waals surface area contributed by atoms with Gasteiger partial charge in [-0.1, -0.05) is 37.1 Å². The van der Waals surface area contributed by atoms with E-state index in [1.165, 1.54) is 17.5 Å². The predicted octanol–water partition coefficient (Wildman–Crippen LogP) is 1.69. The molecule has 0 bridgehead atoms. The molecule has 0 spiro atoms. The first kappa shape index (κ1) is 10.7. The van der Waals surface area contributed by atoms with Crippen LogP contribution in [0.25, 0.3) is 0 Å². The second-order valence-corrected chi connectivity index (χ2v) is 4.08. The lowest BCUT2D eigenvalue weighted by atomic mass is 9.77. The van der Waals surface area contributed by atoms with Crippen molar-refractivity contribution in [1.82, 2.24) is 0 Å². The molecule has 1 aliphatic heterocycles. The van der Waals surface area contributed by atoms with E-state index in [1.54, 1.807) is 0 Å². The van der Waals surface area contributed by atoms with Crippen molar-refractivity contribution in [3.63, 3.8) is 0 Å². The van der Waals surface area contributed by atoms with Crippen LogP contribution in [0.4, 0.5) is 0 Å². The van der Waals surface area contributed by atoms with Crippen LogP contribution in [0.1, 0.15) is 24.5 Å². The summed E-state index contributed by atoms with van der Waals surface area (Å²) in [6.07, 6.45) is 2.30. The van der Waals surface area contributed by atoms with E-state index in [4.69, 9.17) is 9.31 Å². The summed E-state index contributed by atoms with van der Waals surface area (Å²) in [6, 6.07) is 6.59. The van der Waals surface area contributed by atoms with Gasteiger partial charge in [0.2, 0.25) is 0 Å². The highest BCUT2D eigenvalue weighted by Gasteiger charge is 2.26. The maximum absolute atomic E-state index is 5.50. The van der Waals surface area contributed by atoms with Crippen molar-refractivity contribution in [2.75, 3.05) is 13.2 Å². The first-order chi connectivity index (χ1) is 7.29. The maximum Gasteiger partial charge on any atom is 0.494 e. The van der Waals surface area contributed by atoms with Gasteiger partial charge in [0, 0.05) is 0 Å². The molecule has 0 aliphatic carbocycles. The Kier molecular flexibility index (Phi) is 3.44. The van der Waals surface area contributed by atoms with E-state index in [-0.39, 0.29) is 7.12 Å². The average Bonchev–Trinajstić information content (AvgIpc) is 2.70. The van der Waals surface area contributed by atoms with E-state index < -0.39 is 0 Å². The molecule has 0 N–H and O–H groups in total. The fourth-order valence-corrected chi connectivity index (χ4v) is 2.01. The molecule has 1 aliphatic rings. The third-order valence-corrected chi connectivity index (χ3v) is 2.59. The fraction of sp³-hybridized carbons (Fsp3) is 0.500. The summed E-state index contributed by atoms with van der Waals surface area (Å²) in [5.41, 5.74) is 3.83.